The van der Waals surface area contributed by atoms with Crippen molar-refractivity contribution in [1.29, 1.82) is 0 Å². The maximum atomic E-state index is 14.4. The van der Waals surface area contributed by atoms with Gasteiger partial charge in [-0.2, -0.15) is 4.39 Å². The molecule has 0 amide bonds. The first-order valence-corrected chi connectivity index (χ1v) is 9.17. The molecule has 1 aromatic carbocycles. The fourth-order valence-corrected chi connectivity index (χ4v) is 3.62. The first kappa shape index (κ1) is 18.3. The molecule has 1 aliphatic carbocycles. The second-order valence-electron chi connectivity index (χ2n) is 6.69. The molecule has 2 aliphatic rings. The van der Waals surface area contributed by atoms with E-state index < -0.39 is 11.6 Å². The second-order valence-corrected chi connectivity index (χ2v) is 6.69. The molecule has 2 fully saturated rings. The van der Waals surface area contributed by atoms with Gasteiger partial charge < -0.3 is 14.2 Å². The van der Waals surface area contributed by atoms with Crippen LogP contribution >= 0.6 is 0 Å². The van der Waals surface area contributed by atoms with Gasteiger partial charge in [-0.25, -0.2) is 4.39 Å². The van der Waals surface area contributed by atoms with Crippen LogP contribution in [-0.4, -0.2) is 26.1 Å². The molecule has 1 saturated carbocycles. The lowest BCUT2D eigenvalue weighted by atomic mass is 9.81. The smallest absolute Gasteiger partial charge is 0.200 e. The molecule has 0 radical (unpaired) electrons. The largest absolute Gasteiger partial charge is 0.491 e. The summed E-state index contributed by atoms with van der Waals surface area (Å²) >= 11 is 0. The lowest BCUT2D eigenvalue weighted by Gasteiger charge is -2.26. The van der Waals surface area contributed by atoms with Crippen molar-refractivity contribution in [2.75, 3.05) is 20.0 Å². The Hall–Kier alpha value is -1.46. The number of halogens is 2. The fourth-order valence-electron chi connectivity index (χ4n) is 3.62. The van der Waals surface area contributed by atoms with Crippen molar-refractivity contribution in [2.24, 2.45) is 0 Å². The van der Waals surface area contributed by atoms with Crippen molar-refractivity contribution in [1.82, 2.24) is 0 Å². The van der Waals surface area contributed by atoms with E-state index in [2.05, 4.69) is 6.08 Å². The van der Waals surface area contributed by atoms with Crippen molar-refractivity contribution in [3.63, 3.8) is 0 Å². The maximum Gasteiger partial charge on any atom is 0.200 e. The number of ether oxygens (including phenoxy) is 3. The highest BCUT2D eigenvalue weighted by Gasteiger charge is 2.24. The molecule has 5 heteroatoms. The SMILES string of the molecule is CCOc1ccc(C2CCC(=CCC3CCOCO3)CC2)c(F)c1F. The van der Waals surface area contributed by atoms with E-state index in [-0.39, 0.29) is 17.8 Å². The van der Waals surface area contributed by atoms with Gasteiger partial charge in [0.05, 0.1) is 19.3 Å². The molecule has 1 unspecified atom stereocenters. The van der Waals surface area contributed by atoms with Crippen LogP contribution in [-0.2, 0) is 9.47 Å². The Bertz CT molecular complexity index is 599. The Morgan fingerprint density at radius 3 is 2.64 bits per heavy atom. The van der Waals surface area contributed by atoms with Crippen LogP contribution < -0.4 is 4.74 Å². The molecular weight excluding hydrogens is 326 g/mol. The summed E-state index contributed by atoms with van der Waals surface area (Å²) in [5.74, 6) is -1.55. The van der Waals surface area contributed by atoms with E-state index >= 15 is 0 Å². The molecule has 0 aromatic heterocycles. The first-order chi connectivity index (χ1) is 12.2. The van der Waals surface area contributed by atoms with Gasteiger partial charge in [0.2, 0.25) is 5.82 Å². The van der Waals surface area contributed by atoms with Gasteiger partial charge in [0.25, 0.3) is 0 Å². The number of benzene rings is 1. The van der Waals surface area contributed by atoms with Crippen molar-refractivity contribution in [2.45, 2.75) is 57.5 Å². The van der Waals surface area contributed by atoms with Crippen LogP contribution in [0.5, 0.6) is 5.75 Å². The van der Waals surface area contributed by atoms with E-state index in [0.29, 0.717) is 19.0 Å². The summed E-state index contributed by atoms with van der Waals surface area (Å²) in [6.45, 7) is 3.23. The van der Waals surface area contributed by atoms with Crippen molar-refractivity contribution in [3.05, 3.63) is 41.0 Å². The number of rotatable bonds is 5. The Balaban J connectivity index is 1.57. The normalized spacial score (nSPS) is 24.2. The van der Waals surface area contributed by atoms with E-state index in [1.807, 2.05) is 0 Å². The minimum atomic E-state index is -0.864. The zero-order valence-corrected chi connectivity index (χ0v) is 14.7. The van der Waals surface area contributed by atoms with Crippen LogP contribution in [0.15, 0.2) is 23.8 Å². The zero-order valence-electron chi connectivity index (χ0n) is 14.7. The third kappa shape index (κ3) is 4.59. The summed E-state index contributed by atoms with van der Waals surface area (Å²) in [4.78, 5) is 0. The third-order valence-corrected chi connectivity index (χ3v) is 5.08. The van der Waals surface area contributed by atoms with Gasteiger partial charge in [-0.1, -0.05) is 17.7 Å². The molecule has 3 nitrogen and oxygen atoms in total. The summed E-state index contributed by atoms with van der Waals surface area (Å²) < 4.78 is 44.3. The molecule has 3 rings (SSSR count). The zero-order chi connectivity index (χ0) is 17.6. The summed E-state index contributed by atoms with van der Waals surface area (Å²) in [5.41, 5.74) is 1.88. The summed E-state index contributed by atoms with van der Waals surface area (Å²) in [5, 5.41) is 0. The predicted molar refractivity (Wildman–Crippen MR) is 91.7 cm³/mol. The van der Waals surface area contributed by atoms with Crippen LogP contribution in [0.3, 0.4) is 0 Å². The van der Waals surface area contributed by atoms with Gasteiger partial charge >= 0.3 is 0 Å². The first-order valence-electron chi connectivity index (χ1n) is 9.17. The highest BCUT2D eigenvalue weighted by atomic mass is 19.2. The van der Waals surface area contributed by atoms with E-state index in [1.165, 1.54) is 5.57 Å². The van der Waals surface area contributed by atoms with E-state index in [0.717, 1.165) is 45.1 Å². The average Bonchev–Trinajstić information content (AvgIpc) is 2.66. The van der Waals surface area contributed by atoms with E-state index in [4.69, 9.17) is 14.2 Å². The van der Waals surface area contributed by atoms with Gasteiger partial charge in [0, 0.05) is 0 Å². The molecule has 1 aromatic rings. The van der Waals surface area contributed by atoms with Crippen LogP contribution in [0, 0.1) is 11.6 Å². The molecule has 0 spiro atoms. The number of allylic oxidation sites excluding steroid dienone is 1. The molecule has 25 heavy (non-hydrogen) atoms. The molecule has 0 N–H and O–H groups in total. The Morgan fingerprint density at radius 2 is 1.96 bits per heavy atom. The van der Waals surface area contributed by atoms with Crippen LogP contribution in [0.2, 0.25) is 0 Å². The number of hydrogen-bond donors (Lipinski definition) is 0. The molecule has 138 valence electrons. The third-order valence-electron chi connectivity index (χ3n) is 5.08. The summed E-state index contributed by atoms with van der Waals surface area (Å²) in [7, 11) is 0. The average molecular weight is 352 g/mol. The van der Waals surface area contributed by atoms with Crippen LogP contribution in [0.25, 0.3) is 0 Å². The minimum Gasteiger partial charge on any atom is -0.491 e. The topological polar surface area (TPSA) is 27.7 Å². The summed E-state index contributed by atoms with van der Waals surface area (Å²) in [6, 6.07) is 3.23. The monoisotopic (exact) mass is 352 g/mol. The van der Waals surface area contributed by atoms with Crippen LogP contribution in [0.4, 0.5) is 8.78 Å². The fraction of sp³-hybridized carbons (Fsp3) is 0.600. The van der Waals surface area contributed by atoms with Gasteiger partial charge in [0.15, 0.2) is 11.6 Å². The van der Waals surface area contributed by atoms with Crippen molar-refractivity contribution >= 4 is 0 Å². The highest BCUT2D eigenvalue weighted by Crippen LogP contribution is 2.38. The molecule has 1 atom stereocenters. The quantitative estimate of drug-likeness (QED) is 0.690. The maximum absolute atomic E-state index is 14.4. The standard InChI is InChI=1S/C20H26F2O3/c1-2-24-18-10-9-17(19(21)20(18)22)15-6-3-14(4-7-15)5-8-16-11-12-23-13-25-16/h5,9-10,15-16H,2-4,6-8,11-13H2,1H3. The molecule has 0 bridgehead atoms. The van der Waals surface area contributed by atoms with Gasteiger partial charge in [-0.05, 0) is 63.0 Å². The lowest BCUT2D eigenvalue weighted by Crippen LogP contribution is -2.23. The van der Waals surface area contributed by atoms with Gasteiger partial charge in [-0.3, -0.25) is 0 Å². The molecule has 1 heterocycles. The summed E-state index contributed by atoms with van der Waals surface area (Å²) in [6.07, 6.45) is 7.93. The Labute approximate surface area is 148 Å². The van der Waals surface area contributed by atoms with Gasteiger partial charge in [-0.15, -0.1) is 0 Å². The van der Waals surface area contributed by atoms with Crippen LogP contribution in [0.1, 0.15) is 56.9 Å². The number of hydrogen-bond acceptors (Lipinski definition) is 3. The van der Waals surface area contributed by atoms with Gasteiger partial charge in [0.1, 0.15) is 6.79 Å². The van der Waals surface area contributed by atoms with Crippen molar-refractivity contribution < 1.29 is 23.0 Å². The molecular formula is C20H26F2O3. The molecule has 1 saturated heterocycles. The molecule has 1 aliphatic heterocycles. The second kappa shape index (κ2) is 8.77. The van der Waals surface area contributed by atoms with Crippen molar-refractivity contribution in [3.8, 4) is 5.75 Å². The van der Waals surface area contributed by atoms with E-state index in [9.17, 15) is 8.78 Å². The Kier molecular flexibility index (Phi) is 6.43. The Morgan fingerprint density at radius 1 is 1.16 bits per heavy atom. The van der Waals surface area contributed by atoms with E-state index in [1.54, 1.807) is 19.1 Å². The predicted octanol–water partition coefficient (Wildman–Crippen LogP) is 5.10. The minimum absolute atomic E-state index is 0.00314. The highest BCUT2D eigenvalue weighted by molar-refractivity contribution is 5.33. The lowest BCUT2D eigenvalue weighted by molar-refractivity contribution is -0.137.